The molecule has 11 heteroatoms. The predicted molar refractivity (Wildman–Crippen MR) is 165 cm³/mol. The standard InChI is InChI=1S/C34H42FN3O7/c1-5-7-23(8-6-2)38(24-9-10-26(35)21(3)15-24)31(39)19-37-18-25(22-16-28(42-4)33-29(17-22)44-20-45-33)32(34(40)41)27(37)11-12-30-36-13-14-43-30/h9-10,13-17,23,25,27,32H,5-8,11-12,18-20H2,1-4H3,(H,40,41). The first-order valence-electron chi connectivity index (χ1n) is 15.7. The average molecular weight is 624 g/mol. The number of aryl methyl sites for hydroxylation is 2. The molecule has 1 fully saturated rings. The summed E-state index contributed by atoms with van der Waals surface area (Å²) in [6, 6.07) is 7.83. The van der Waals surface area contributed by atoms with E-state index in [2.05, 4.69) is 18.8 Å². The zero-order valence-corrected chi connectivity index (χ0v) is 26.3. The number of oxazole rings is 1. The number of anilines is 1. The molecule has 1 saturated heterocycles. The van der Waals surface area contributed by atoms with E-state index in [0.717, 1.165) is 31.2 Å². The van der Waals surface area contributed by atoms with Gasteiger partial charge in [-0.15, -0.1) is 0 Å². The van der Waals surface area contributed by atoms with Crippen molar-refractivity contribution in [2.24, 2.45) is 5.92 Å². The van der Waals surface area contributed by atoms with E-state index in [1.807, 2.05) is 11.0 Å². The molecule has 0 aliphatic carbocycles. The largest absolute Gasteiger partial charge is 0.493 e. The van der Waals surface area contributed by atoms with Crippen LogP contribution >= 0.6 is 0 Å². The van der Waals surface area contributed by atoms with Crippen LogP contribution in [-0.2, 0) is 16.0 Å². The van der Waals surface area contributed by atoms with Crippen LogP contribution in [0.4, 0.5) is 10.1 Å². The molecule has 0 spiro atoms. The molecule has 1 aromatic heterocycles. The maximum absolute atomic E-state index is 14.4. The molecule has 2 aliphatic heterocycles. The zero-order chi connectivity index (χ0) is 32.1. The molecule has 3 atom stereocenters. The lowest BCUT2D eigenvalue weighted by Gasteiger charge is -2.35. The van der Waals surface area contributed by atoms with E-state index in [4.69, 9.17) is 18.6 Å². The minimum Gasteiger partial charge on any atom is -0.493 e. The molecule has 0 bridgehead atoms. The molecule has 5 rings (SSSR count). The highest BCUT2D eigenvalue weighted by molar-refractivity contribution is 5.95. The van der Waals surface area contributed by atoms with Gasteiger partial charge in [0.25, 0.3) is 0 Å². The smallest absolute Gasteiger partial charge is 0.308 e. The van der Waals surface area contributed by atoms with Crippen LogP contribution in [0.5, 0.6) is 17.2 Å². The molecule has 3 unspecified atom stereocenters. The van der Waals surface area contributed by atoms with E-state index < -0.39 is 23.8 Å². The number of carboxylic acid groups (broad SMARTS) is 1. The van der Waals surface area contributed by atoms with E-state index in [-0.39, 0.29) is 31.1 Å². The Morgan fingerprint density at radius 3 is 2.60 bits per heavy atom. The lowest BCUT2D eigenvalue weighted by atomic mass is 9.83. The molecule has 2 aromatic carbocycles. The van der Waals surface area contributed by atoms with E-state index in [1.165, 1.54) is 19.4 Å². The number of aliphatic carboxylic acids is 1. The number of hydrogen-bond donors (Lipinski definition) is 1. The van der Waals surface area contributed by atoms with Crippen molar-refractivity contribution >= 4 is 17.6 Å². The maximum Gasteiger partial charge on any atom is 0.308 e. The van der Waals surface area contributed by atoms with Crippen LogP contribution in [0.3, 0.4) is 0 Å². The first kappa shape index (κ1) is 32.3. The number of amides is 1. The van der Waals surface area contributed by atoms with Crippen LogP contribution in [0.2, 0.25) is 0 Å². The molecule has 45 heavy (non-hydrogen) atoms. The molecule has 2 aliphatic rings. The SMILES string of the molecule is CCCC(CCC)N(C(=O)CN1CC(c2cc(OC)c3c(c2)OCO3)C(C(=O)O)C1CCc1ncco1)c1ccc(F)c(C)c1. The topological polar surface area (TPSA) is 115 Å². The molecule has 10 nitrogen and oxygen atoms in total. The van der Waals surface area contributed by atoms with E-state index in [9.17, 15) is 19.1 Å². The van der Waals surface area contributed by atoms with Gasteiger partial charge in [-0.25, -0.2) is 9.37 Å². The number of halogens is 1. The lowest BCUT2D eigenvalue weighted by molar-refractivity contribution is -0.143. The first-order valence-corrected chi connectivity index (χ1v) is 15.7. The van der Waals surface area contributed by atoms with Gasteiger partial charge in [-0.1, -0.05) is 26.7 Å². The fraction of sp³-hybridized carbons (Fsp3) is 0.500. The number of benzene rings is 2. The highest BCUT2D eigenvalue weighted by atomic mass is 19.1. The van der Waals surface area contributed by atoms with E-state index in [0.29, 0.717) is 53.8 Å². The minimum absolute atomic E-state index is 0.00142. The Morgan fingerprint density at radius 2 is 1.96 bits per heavy atom. The molecular formula is C34H42FN3O7. The third-order valence-corrected chi connectivity index (χ3v) is 8.92. The highest BCUT2D eigenvalue weighted by Crippen LogP contribution is 2.47. The second-order valence-corrected chi connectivity index (χ2v) is 11.8. The van der Waals surface area contributed by atoms with Crippen LogP contribution < -0.4 is 19.1 Å². The Balaban J connectivity index is 1.51. The van der Waals surface area contributed by atoms with Crippen LogP contribution in [0.15, 0.2) is 47.2 Å². The molecular weight excluding hydrogens is 581 g/mol. The van der Waals surface area contributed by atoms with Crippen molar-refractivity contribution in [2.45, 2.75) is 77.3 Å². The number of methoxy groups -OCH3 is 1. The monoisotopic (exact) mass is 623 g/mol. The number of aromatic nitrogens is 1. The number of likely N-dealkylation sites (tertiary alicyclic amines) is 1. The molecule has 0 saturated carbocycles. The van der Waals surface area contributed by atoms with Gasteiger partial charge in [0.15, 0.2) is 17.4 Å². The number of fused-ring (bicyclic) bond motifs is 1. The third kappa shape index (κ3) is 6.93. The fourth-order valence-electron chi connectivity index (χ4n) is 6.86. The van der Waals surface area contributed by atoms with Gasteiger partial charge in [0, 0.05) is 36.7 Å². The number of ether oxygens (including phenoxy) is 3. The first-order chi connectivity index (χ1) is 21.7. The van der Waals surface area contributed by atoms with Crippen LogP contribution in [-0.4, -0.2) is 65.9 Å². The molecule has 3 aromatic rings. The van der Waals surface area contributed by atoms with Crippen molar-refractivity contribution < 1.29 is 37.7 Å². The Morgan fingerprint density at radius 1 is 1.18 bits per heavy atom. The third-order valence-electron chi connectivity index (χ3n) is 8.92. The highest BCUT2D eigenvalue weighted by Gasteiger charge is 2.48. The van der Waals surface area contributed by atoms with E-state index >= 15 is 0 Å². The molecule has 0 radical (unpaired) electrons. The van der Waals surface area contributed by atoms with Crippen molar-refractivity contribution in [3.05, 3.63) is 65.6 Å². The number of carbonyl (C=O) groups excluding carboxylic acids is 1. The molecule has 1 N–H and O–H groups in total. The van der Waals surface area contributed by atoms with Gasteiger partial charge < -0.3 is 28.6 Å². The molecule has 242 valence electrons. The summed E-state index contributed by atoms with van der Waals surface area (Å²) < 4.78 is 36.5. The van der Waals surface area contributed by atoms with Crippen LogP contribution in [0.25, 0.3) is 0 Å². The van der Waals surface area contributed by atoms with Gasteiger partial charge in [-0.2, -0.15) is 0 Å². The number of carbonyl (C=O) groups is 2. The Bertz CT molecular complexity index is 1470. The number of nitrogens with zero attached hydrogens (tertiary/aromatic N) is 3. The van der Waals surface area contributed by atoms with Gasteiger partial charge in [-0.3, -0.25) is 14.5 Å². The summed E-state index contributed by atoms with van der Waals surface area (Å²) in [7, 11) is 1.53. The number of carboxylic acids is 1. The Labute approximate surface area is 263 Å². The quantitative estimate of drug-likeness (QED) is 0.232. The van der Waals surface area contributed by atoms with Crippen molar-refractivity contribution in [1.29, 1.82) is 0 Å². The summed E-state index contributed by atoms with van der Waals surface area (Å²) in [5.74, 6) is -0.764. The van der Waals surface area contributed by atoms with Gasteiger partial charge >= 0.3 is 5.97 Å². The van der Waals surface area contributed by atoms with Gasteiger partial charge in [0.1, 0.15) is 12.1 Å². The van der Waals surface area contributed by atoms with Crippen LogP contribution in [0.1, 0.15) is 68.9 Å². The Hall–Kier alpha value is -4.12. The predicted octanol–water partition coefficient (Wildman–Crippen LogP) is 5.96. The van der Waals surface area contributed by atoms with Gasteiger partial charge in [-0.05, 0) is 67.6 Å². The maximum atomic E-state index is 14.4. The number of hydrogen-bond acceptors (Lipinski definition) is 8. The van der Waals surface area contributed by atoms with Crippen molar-refractivity contribution in [3.63, 3.8) is 0 Å². The van der Waals surface area contributed by atoms with Crippen molar-refractivity contribution in [3.8, 4) is 17.2 Å². The summed E-state index contributed by atoms with van der Waals surface area (Å²) in [6.45, 7) is 6.24. The Kier molecular flexibility index (Phi) is 10.3. The van der Waals surface area contributed by atoms with E-state index in [1.54, 1.807) is 36.2 Å². The summed E-state index contributed by atoms with van der Waals surface area (Å²) in [5.41, 5.74) is 1.85. The fourth-order valence-corrected chi connectivity index (χ4v) is 6.86. The zero-order valence-electron chi connectivity index (χ0n) is 26.3. The van der Waals surface area contributed by atoms with Gasteiger partial charge in [0.2, 0.25) is 18.4 Å². The summed E-state index contributed by atoms with van der Waals surface area (Å²) in [5, 5.41) is 10.6. The summed E-state index contributed by atoms with van der Waals surface area (Å²) in [4.78, 5) is 35.4. The van der Waals surface area contributed by atoms with Crippen molar-refractivity contribution in [1.82, 2.24) is 9.88 Å². The molecule has 3 heterocycles. The second-order valence-electron chi connectivity index (χ2n) is 11.8. The van der Waals surface area contributed by atoms with Crippen molar-refractivity contribution in [2.75, 3.05) is 31.9 Å². The lowest BCUT2D eigenvalue weighted by Crippen LogP contribution is -2.48. The van der Waals surface area contributed by atoms with Gasteiger partial charge in [0.05, 0.1) is 25.8 Å². The second kappa shape index (κ2) is 14.3. The normalized spacial score (nSPS) is 19.3. The van der Waals surface area contributed by atoms with Crippen LogP contribution in [0, 0.1) is 18.7 Å². The summed E-state index contributed by atoms with van der Waals surface area (Å²) in [6.07, 6.45) is 7.24. The summed E-state index contributed by atoms with van der Waals surface area (Å²) >= 11 is 0. The minimum atomic E-state index is -0.954. The number of rotatable bonds is 14. The average Bonchev–Trinajstić information content (AvgIpc) is 3.78. The molecule has 1 amide bonds.